The van der Waals surface area contributed by atoms with Crippen LogP contribution in [0.2, 0.25) is 0 Å². The van der Waals surface area contributed by atoms with Gasteiger partial charge in [-0.3, -0.25) is 0 Å². The summed E-state index contributed by atoms with van der Waals surface area (Å²) in [5.41, 5.74) is 0. The van der Waals surface area contributed by atoms with Crippen molar-refractivity contribution in [2.45, 2.75) is 39.0 Å². The zero-order valence-electron chi connectivity index (χ0n) is 10.1. The molecule has 3 nitrogen and oxygen atoms in total. The molecule has 0 aromatic carbocycles. The fourth-order valence-electron chi connectivity index (χ4n) is 1.31. The molecule has 1 rings (SSSR count). The molecule has 2 N–H and O–H groups in total. The van der Waals surface area contributed by atoms with Crippen LogP contribution >= 0.6 is 11.3 Å². The molecule has 0 saturated heterocycles. The molecule has 0 spiro atoms. The van der Waals surface area contributed by atoms with E-state index in [0.29, 0.717) is 13.2 Å². The SMILES string of the molecule is CC(C)OCC(O)CN[C@H](C)c1cccs1. The Hall–Kier alpha value is -0.420. The van der Waals surface area contributed by atoms with Crippen LogP contribution in [0.5, 0.6) is 0 Å². The van der Waals surface area contributed by atoms with Crippen LogP contribution < -0.4 is 5.32 Å². The van der Waals surface area contributed by atoms with Crippen molar-refractivity contribution in [1.82, 2.24) is 5.32 Å². The summed E-state index contributed by atoms with van der Waals surface area (Å²) in [6.07, 6.45) is -0.269. The molecule has 1 aromatic heterocycles. The molecule has 0 aliphatic heterocycles. The Labute approximate surface area is 101 Å². The lowest BCUT2D eigenvalue weighted by Crippen LogP contribution is -2.32. The predicted octanol–water partition coefficient (Wildman–Crippen LogP) is 2.18. The van der Waals surface area contributed by atoms with Gasteiger partial charge in [-0.15, -0.1) is 11.3 Å². The largest absolute Gasteiger partial charge is 0.389 e. The molecule has 92 valence electrons. The van der Waals surface area contributed by atoms with Crippen LogP contribution in [0.15, 0.2) is 17.5 Å². The van der Waals surface area contributed by atoms with E-state index >= 15 is 0 Å². The van der Waals surface area contributed by atoms with Gasteiger partial charge >= 0.3 is 0 Å². The maximum Gasteiger partial charge on any atom is 0.0898 e. The first-order chi connectivity index (χ1) is 7.59. The standard InChI is InChI=1S/C12H21NO2S/c1-9(2)15-8-11(14)7-13-10(3)12-5-4-6-16-12/h4-6,9-11,13-14H,7-8H2,1-3H3/t10-,11?/m1/s1. The van der Waals surface area contributed by atoms with Gasteiger partial charge in [-0.25, -0.2) is 0 Å². The second-order valence-electron chi connectivity index (χ2n) is 4.18. The van der Waals surface area contributed by atoms with Gasteiger partial charge in [0.2, 0.25) is 0 Å². The molecule has 0 fully saturated rings. The number of nitrogens with one attached hydrogen (secondary N) is 1. The summed E-state index contributed by atoms with van der Waals surface area (Å²) in [7, 11) is 0. The van der Waals surface area contributed by atoms with Gasteiger partial charge in [0.15, 0.2) is 0 Å². The van der Waals surface area contributed by atoms with Gasteiger partial charge in [-0.05, 0) is 32.2 Å². The average Bonchev–Trinajstić information content (AvgIpc) is 2.76. The lowest BCUT2D eigenvalue weighted by atomic mass is 10.2. The normalized spacial score (nSPS) is 15.3. The minimum Gasteiger partial charge on any atom is -0.389 e. The van der Waals surface area contributed by atoms with Crippen molar-refractivity contribution < 1.29 is 9.84 Å². The van der Waals surface area contributed by atoms with Gasteiger partial charge in [0.05, 0.1) is 18.8 Å². The van der Waals surface area contributed by atoms with E-state index in [1.54, 1.807) is 11.3 Å². The zero-order chi connectivity index (χ0) is 12.0. The fourth-order valence-corrected chi connectivity index (χ4v) is 2.07. The second-order valence-corrected chi connectivity index (χ2v) is 5.16. The molecular weight excluding hydrogens is 222 g/mol. The van der Waals surface area contributed by atoms with Crippen molar-refractivity contribution in [3.8, 4) is 0 Å². The maximum absolute atomic E-state index is 9.66. The van der Waals surface area contributed by atoms with E-state index in [9.17, 15) is 5.11 Å². The number of aliphatic hydroxyl groups excluding tert-OH is 1. The van der Waals surface area contributed by atoms with Crippen molar-refractivity contribution in [2.75, 3.05) is 13.2 Å². The van der Waals surface area contributed by atoms with E-state index < -0.39 is 6.10 Å². The summed E-state index contributed by atoms with van der Waals surface area (Å²) < 4.78 is 5.34. The molecule has 2 atom stereocenters. The molecule has 0 radical (unpaired) electrons. The molecule has 0 amide bonds. The Kier molecular flexibility index (Phi) is 5.98. The zero-order valence-corrected chi connectivity index (χ0v) is 11.0. The maximum atomic E-state index is 9.66. The van der Waals surface area contributed by atoms with E-state index in [4.69, 9.17) is 4.74 Å². The first-order valence-electron chi connectivity index (χ1n) is 5.66. The Balaban J connectivity index is 2.19. The van der Waals surface area contributed by atoms with Crippen LogP contribution in [0.3, 0.4) is 0 Å². The van der Waals surface area contributed by atoms with Crippen molar-refractivity contribution in [3.63, 3.8) is 0 Å². The Morgan fingerprint density at radius 1 is 1.44 bits per heavy atom. The Bertz CT molecular complexity index is 275. The van der Waals surface area contributed by atoms with Gasteiger partial charge in [-0.2, -0.15) is 0 Å². The number of hydrogen-bond acceptors (Lipinski definition) is 4. The molecular formula is C12H21NO2S. The lowest BCUT2D eigenvalue weighted by Gasteiger charge is -2.17. The summed E-state index contributed by atoms with van der Waals surface area (Å²) in [5.74, 6) is 0. The molecule has 1 unspecified atom stereocenters. The van der Waals surface area contributed by atoms with Crippen molar-refractivity contribution >= 4 is 11.3 Å². The van der Waals surface area contributed by atoms with Gasteiger partial charge in [-0.1, -0.05) is 6.07 Å². The monoisotopic (exact) mass is 243 g/mol. The van der Waals surface area contributed by atoms with Gasteiger partial charge in [0.25, 0.3) is 0 Å². The van der Waals surface area contributed by atoms with Crippen LogP contribution in [-0.4, -0.2) is 30.5 Å². The highest BCUT2D eigenvalue weighted by molar-refractivity contribution is 7.10. The number of aliphatic hydroxyl groups is 1. The Morgan fingerprint density at radius 3 is 2.75 bits per heavy atom. The number of ether oxygens (including phenoxy) is 1. The summed E-state index contributed by atoms with van der Waals surface area (Å²) in [6.45, 7) is 6.98. The molecule has 0 saturated carbocycles. The summed E-state index contributed by atoms with van der Waals surface area (Å²) in [6, 6.07) is 4.42. The third kappa shape index (κ3) is 5.07. The van der Waals surface area contributed by atoms with E-state index in [1.807, 2.05) is 19.9 Å². The van der Waals surface area contributed by atoms with Crippen LogP contribution in [0.25, 0.3) is 0 Å². The number of rotatable bonds is 7. The quantitative estimate of drug-likeness (QED) is 0.771. The summed E-state index contributed by atoms with van der Waals surface area (Å²) in [4.78, 5) is 1.29. The summed E-state index contributed by atoms with van der Waals surface area (Å²) in [5, 5.41) is 15.0. The van der Waals surface area contributed by atoms with Crippen LogP contribution in [0.4, 0.5) is 0 Å². The second kappa shape index (κ2) is 7.01. The molecule has 0 bridgehead atoms. The van der Waals surface area contributed by atoms with E-state index in [-0.39, 0.29) is 12.1 Å². The molecule has 0 aliphatic carbocycles. The molecule has 1 heterocycles. The third-order valence-electron chi connectivity index (χ3n) is 2.25. The topological polar surface area (TPSA) is 41.5 Å². The van der Waals surface area contributed by atoms with E-state index in [2.05, 4.69) is 23.7 Å². The first kappa shape index (κ1) is 13.6. The molecule has 1 aromatic rings. The molecule has 16 heavy (non-hydrogen) atoms. The smallest absolute Gasteiger partial charge is 0.0898 e. The third-order valence-corrected chi connectivity index (χ3v) is 3.31. The lowest BCUT2D eigenvalue weighted by molar-refractivity contribution is 0.00564. The fraction of sp³-hybridized carbons (Fsp3) is 0.667. The van der Waals surface area contributed by atoms with E-state index in [1.165, 1.54) is 4.88 Å². The average molecular weight is 243 g/mol. The van der Waals surface area contributed by atoms with Crippen molar-refractivity contribution in [1.29, 1.82) is 0 Å². The minimum atomic E-state index is -0.440. The van der Waals surface area contributed by atoms with Gasteiger partial charge in [0, 0.05) is 17.5 Å². The molecule has 0 aliphatic rings. The van der Waals surface area contributed by atoms with Crippen LogP contribution in [-0.2, 0) is 4.74 Å². The van der Waals surface area contributed by atoms with Crippen LogP contribution in [0.1, 0.15) is 31.7 Å². The Morgan fingerprint density at radius 2 is 2.19 bits per heavy atom. The van der Waals surface area contributed by atoms with Gasteiger partial charge in [0.1, 0.15) is 0 Å². The first-order valence-corrected chi connectivity index (χ1v) is 6.54. The molecule has 4 heteroatoms. The van der Waals surface area contributed by atoms with E-state index in [0.717, 1.165) is 0 Å². The number of thiophene rings is 1. The van der Waals surface area contributed by atoms with Gasteiger partial charge < -0.3 is 15.2 Å². The number of hydrogen-bond donors (Lipinski definition) is 2. The van der Waals surface area contributed by atoms with Crippen molar-refractivity contribution in [3.05, 3.63) is 22.4 Å². The highest BCUT2D eigenvalue weighted by Gasteiger charge is 2.09. The summed E-state index contributed by atoms with van der Waals surface area (Å²) >= 11 is 1.73. The highest BCUT2D eigenvalue weighted by atomic mass is 32.1. The van der Waals surface area contributed by atoms with Crippen molar-refractivity contribution in [2.24, 2.45) is 0 Å². The highest BCUT2D eigenvalue weighted by Crippen LogP contribution is 2.17. The van der Waals surface area contributed by atoms with Crippen LogP contribution in [0, 0.1) is 0 Å². The minimum absolute atomic E-state index is 0.171. The predicted molar refractivity (Wildman–Crippen MR) is 67.8 cm³/mol.